The molecule has 1 N–H and O–H groups in total. The Kier molecular flexibility index (Phi) is 4.46. The SMILES string of the molecule is CN(C)c1ccc(-c2cnc(NCc3c(F)ccc4c3CCO4)n3ccnc23)cn1. The number of pyridine rings is 1. The van der Waals surface area contributed by atoms with Crippen LogP contribution in [-0.4, -0.2) is 40.1 Å². The van der Waals surface area contributed by atoms with E-state index in [0.717, 1.165) is 33.9 Å². The van der Waals surface area contributed by atoms with Gasteiger partial charge in [0.2, 0.25) is 5.95 Å². The Morgan fingerprint density at radius 2 is 2.03 bits per heavy atom. The Bertz CT molecular complexity index is 1220. The number of fused-ring (bicyclic) bond motifs is 2. The van der Waals surface area contributed by atoms with E-state index in [1.165, 1.54) is 6.07 Å². The van der Waals surface area contributed by atoms with E-state index in [0.29, 0.717) is 31.1 Å². The normalized spacial score (nSPS) is 12.6. The Morgan fingerprint density at radius 1 is 1.13 bits per heavy atom. The molecule has 4 heterocycles. The molecule has 3 aromatic heterocycles. The summed E-state index contributed by atoms with van der Waals surface area (Å²) in [5.74, 6) is 2.00. The van der Waals surface area contributed by atoms with Crippen molar-refractivity contribution in [1.82, 2.24) is 19.4 Å². The van der Waals surface area contributed by atoms with E-state index in [1.807, 2.05) is 47.9 Å². The molecule has 0 saturated carbocycles. The zero-order valence-corrected chi connectivity index (χ0v) is 16.8. The van der Waals surface area contributed by atoms with Crippen molar-refractivity contribution in [1.29, 1.82) is 0 Å². The maximum atomic E-state index is 14.4. The average Bonchev–Trinajstić information content (AvgIpc) is 3.43. The molecule has 30 heavy (non-hydrogen) atoms. The summed E-state index contributed by atoms with van der Waals surface area (Å²) in [7, 11) is 3.90. The van der Waals surface area contributed by atoms with Gasteiger partial charge in [-0.15, -0.1) is 0 Å². The van der Waals surface area contributed by atoms with Crippen LogP contribution in [0, 0.1) is 5.82 Å². The number of hydrogen-bond acceptors (Lipinski definition) is 6. The van der Waals surface area contributed by atoms with Gasteiger partial charge in [-0.05, 0) is 24.3 Å². The molecule has 1 aliphatic heterocycles. The summed E-state index contributed by atoms with van der Waals surface area (Å²) in [6.45, 7) is 0.905. The highest BCUT2D eigenvalue weighted by atomic mass is 19.1. The number of anilines is 2. The molecule has 8 heteroatoms. The number of hydrogen-bond donors (Lipinski definition) is 1. The molecular formula is C22H21FN6O. The van der Waals surface area contributed by atoms with Crippen LogP contribution in [0.15, 0.2) is 49.1 Å². The second kappa shape index (κ2) is 7.29. The summed E-state index contributed by atoms with van der Waals surface area (Å²) < 4.78 is 21.9. The van der Waals surface area contributed by atoms with Crippen molar-refractivity contribution in [3.63, 3.8) is 0 Å². The van der Waals surface area contributed by atoms with Crippen molar-refractivity contribution in [2.24, 2.45) is 0 Å². The van der Waals surface area contributed by atoms with Gasteiger partial charge in [-0.2, -0.15) is 0 Å². The molecule has 0 radical (unpaired) electrons. The van der Waals surface area contributed by atoms with E-state index in [2.05, 4.69) is 20.3 Å². The number of nitrogens with one attached hydrogen (secondary N) is 1. The molecule has 0 saturated heterocycles. The average molecular weight is 404 g/mol. The van der Waals surface area contributed by atoms with E-state index in [4.69, 9.17) is 4.74 Å². The monoisotopic (exact) mass is 404 g/mol. The topological polar surface area (TPSA) is 67.6 Å². The first-order chi connectivity index (χ1) is 14.6. The van der Waals surface area contributed by atoms with Gasteiger partial charge in [0.25, 0.3) is 0 Å². The summed E-state index contributed by atoms with van der Waals surface area (Å²) in [6.07, 6.45) is 7.86. The number of benzene rings is 1. The largest absolute Gasteiger partial charge is 0.493 e. The number of halogens is 1. The lowest BCUT2D eigenvalue weighted by molar-refractivity contribution is 0.356. The first-order valence-electron chi connectivity index (χ1n) is 9.74. The molecule has 4 aromatic rings. The summed E-state index contributed by atoms with van der Waals surface area (Å²) in [4.78, 5) is 15.5. The van der Waals surface area contributed by atoms with Crippen LogP contribution >= 0.6 is 0 Å². The lowest BCUT2D eigenvalue weighted by atomic mass is 10.0. The molecule has 5 rings (SSSR count). The summed E-state index contributed by atoms with van der Waals surface area (Å²) in [5, 5.41) is 3.26. The number of ether oxygens (including phenoxy) is 1. The van der Waals surface area contributed by atoms with Gasteiger partial charge >= 0.3 is 0 Å². The molecule has 0 amide bonds. The fourth-order valence-electron chi connectivity index (χ4n) is 3.74. The van der Waals surface area contributed by atoms with Crippen LogP contribution in [-0.2, 0) is 13.0 Å². The first kappa shape index (κ1) is 18.4. The highest BCUT2D eigenvalue weighted by molar-refractivity contribution is 5.77. The van der Waals surface area contributed by atoms with E-state index in [1.54, 1.807) is 18.5 Å². The molecule has 0 aliphatic carbocycles. The summed E-state index contributed by atoms with van der Waals surface area (Å²) >= 11 is 0. The quantitative estimate of drug-likeness (QED) is 0.549. The fourth-order valence-corrected chi connectivity index (χ4v) is 3.74. The Balaban J connectivity index is 1.46. The number of aromatic nitrogens is 4. The van der Waals surface area contributed by atoms with Crippen molar-refractivity contribution >= 4 is 17.4 Å². The van der Waals surface area contributed by atoms with Gasteiger partial charge < -0.3 is 15.0 Å². The van der Waals surface area contributed by atoms with Gasteiger partial charge in [0, 0.05) is 74.1 Å². The second-order valence-electron chi connectivity index (χ2n) is 7.37. The lowest BCUT2D eigenvalue weighted by Crippen LogP contribution is -2.10. The van der Waals surface area contributed by atoms with E-state index in [-0.39, 0.29) is 5.82 Å². The predicted octanol–water partition coefficient (Wildman–Crippen LogP) is 3.54. The zero-order chi connectivity index (χ0) is 20.7. The zero-order valence-electron chi connectivity index (χ0n) is 16.8. The second-order valence-corrected chi connectivity index (χ2v) is 7.37. The third-order valence-corrected chi connectivity index (χ3v) is 5.31. The van der Waals surface area contributed by atoms with Gasteiger partial charge in [-0.3, -0.25) is 4.40 Å². The van der Waals surface area contributed by atoms with Gasteiger partial charge in [0.15, 0.2) is 0 Å². The Morgan fingerprint density at radius 3 is 2.83 bits per heavy atom. The van der Waals surface area contributed by atoms with Crippen LogP contribution in [0.5, 0.6) is 5.75 Å². The van der Waals surface area contributed by atoms with Crippen LogP contribution in [0.2, 0.25) is 0 Å². The number of nitrogens with zero attached hydrogens (tertiary/aromatic N) is 5. The summed E-state index contributed by atoms with van der Waals surface area (Å²) in [5.41, 5.74) is 4.11. The van der Waals surface area contributed by atoms with E-state index in [9.17, 15) is 4.39 Å². The standard InChI is InChI=1S/C22H21FN6O/c1-28(2)20-6-3-14(11-25-20)16-12-26-22(29-9-8-24-21(16)29)27-13-17-15-7-10-30-19(15)5-4-18(17)23/h3-6,8-9,11-12H,7,10,13H2,1-2H3,(H,26,27). The lowest BCUT2D eigenvalue weighted by Gasteiger charge is -2.14. The van der Waals surface area contributed by atoms with Crippen LogP contribution in [0.25, 0.3) is 16.8 Å². The van der Waals surface area contributed by atoms with Gasteiger partial charge in [0.1, 0.15) is 23.0 Å². The first-order valence-corrected chi connectivity index (χ1v) is 9.74. The van der Waals surface area contributed by atoms with E-state index < -0.39 is 0 Å². The third-order valence-electron chi connectivity index (χ3n) is 5.31. The van der Waals surface area contributed by atoms with Gasteiger partial charge in [0.05, 0.1) is 6.61 Å². The maximum absolute atomic E-state index is 14.4. The summed E-state index contributed by atoms with van der Waals surface area (Å²) in [6, 6.07) is 7.11. The molecule has 152 valence electrons. The smallest absolute Gasteiger partial charge is 0.208 e. The molecule has 0 unspecified atom stereocenters. The molecule has 0 atom stereocenters. The molecule has 1 aromatic carbocycles. The molecule has 1 aliphatic rings. The molecule has 0 bridgehead atoms. The minimum atomic E-state index is -0.239. The maximum Gasteiger partial charge on any atom is 0.208 e. The van der Waals surface area contributed by atoms with Crippen LogP contribution in [0.4, 0.5) is 16.2 Å². The highest BCUT2D eigenvalue weighted by Gasteiger charge is 2.20. The van der Waals surface area contributed by atoms with Crippen molar-refractivity contribution in [3.8, 4) is 16.9 Å². The molecule has 7 nitrogen and oxygen atoms in total. The van der Waals surface area contributed by atoms with Crippen molar-refractivity contribution in [3.05, 3.63) is 66.0 Å². The molecule has 0 fully saturated rings. The highest BCUT2D eigenvalue weighted by Crippen LogP contribution is 2.31. The number of rotatable bonds is 5. The van der Waals surface area contributed by atoms with Gasteiger partial charge in [-0.1, -0.05) is 0 Å². The van der Waals surface area contributed by atoms with Crippen molar-refractivity contribution < 1.29 is 9.13 Å². The van der Waals surface area contributed by atoms with Crippen LogP contribution < -0.4 is 15.0 Å². The third kappa shape index (κ3) is 3.10. The predicted molar refractivity (Wildman–Crippen MR) is 113 cm³/mol. The molecule has 0 spiro atoms. The van der Waals surface area contributed by atoms with Gasteiger partial charge in [-0.25, -0.2) is 19.3 Å². The van der Waals surface area contributed by atoms with Crippen LogP contribution in [0.3, 0.4) is 0 Å². The Labute approximate surface area is 173 Å². The van der Waals surface area contributed by atoms with Crippen molar-refractivity contribution in [2.75, 3.05) is 30.9 Å². The van der Waals surface area contributed by atoms with Crippen molar-refractivity contribution in [2.45, 2.75) is 13.0 Å². The minimum absolute atomic E-state index is 0.239. The minimum Gasteiger partial charge on any atom is -0.493 e. The molecular weight excluding hydrogens is 383 g/mol. The van der Waals surface area contributed by atoms with Crippen LogP contribution in [0.1, 0.15) is 11.1 Å². The van der Waals surface area contributed by atoms with E-state index >= 15 is 0 Å². The Hall–Kier alpha value is -3.68. The fraction of sp³-hybridized carbons (Fsp3) is 0.227. The number of imidazole rings is 1.